The predicted molar refractivity (Wildman–Crippen MR) is 120 cm³/mol. The van der Waals surface area contributed by atoms with Crippen LogP contribution in [0.1, 0.15) is 49.7 Å². The molecule has 0 fully saturated rings. The molecule has 3 aliphatic rings. The van der Waals surface area contributed by atoms with E-state index in [1.807, 2.05) is 12.1 Å². The molecule has 166 valence electrons. The van der Waals surface area contributed by atoms with Crippen LogP contribution in [-0.4, -0.2) is 74.6 Å². The summed E-state index contributed by atoms with van der Waals surface area (Å²) in [5.74, 6) is 1.72. The van der Waals surface area contributed by atoms with Crippen LogP contribution in [0.15, 0.2) is 24.3 Å². The zero-order valence-corrected chi connectivity index (χ0v) is 19.2. The Balaban J connectivity index is 1.46. The molecule has 5 heteroatoms. The highest BCUT2D eigenvalue weighted by Gasteiger charge is 2.52. The second-order valence-electron chi connectivity index (χ2n) is 10.4. The molecule has 0 amide bonds. The van der Waals surface area contributed by atoms with Crippen molar-refractivity contribution in [2.24, 2.45) is 0 Å². The van der Waals surface area contributed by atoms with Gasteiger partial charge in [0.2, 0.25) is 0 Å². The molecule has 1 spiro atoms. The summed E-state index contributed by atoms with van der Waals surface area (Å²) in [6.45, 7) is 4.44. The van der Waals surface area contributed by atoms with Crippen LogP contribution in [0.5, 0.6) is 11.5 Å². The third-order valence-corrected chi connectivity index (χ3v) is 7.09. The summed E-state index contributed by atoms with van der Waals surface area (Å²) in [5, 5.41) is 10.2. The SMILES string of the molecule is COc1ccc2c3c1O[C@H]1C[C@@H](O)C=C[C@@]31CCN(CCCCCC[N+](C)(C)C)C2. The van der Waals surface area contributed by atoms with Crippen LogP contribution in [-0.2, 0) is 12.0 Å². The Kier molecular flexibility index (Phi) is 6.16. The first-order valence-corrected chi connectivity index (χ1v) is 11.6. The van der Waals surface area contributed by atoms with Gasteiger partial charge in [-0.3, -0.25) is 4.90 Å². The van der Waals surface area contributed by atoms with Crippen molar-refractivity contribution >= 4 is 0 Å². The van der Waals surface area contributed by atoms with Gasteiger partial charge in [0.15, 0.2) is 11.5 Å². The van der Waals surface area contributed by atoms with Crippen LogP contribution in [0, 0.1) is 0 Å². The largest absolute Gasteiger partial charge is 0.493 e. The Hall–Kier alpha value is -1.56. The number of unbranched alkanes of at least 4 members (excludes halogenated alkanes) is 3. The molecule has 0 bridgehead atoms. The average Bonchev–Trinajstić information content (AvgIpc) is 2.93. The van der Waals surface area contributed by atoms with Gasteiger partial charge in [0.25, 0.3) is 0 Å². The van der Waals surface area contributed by atoms with Crippen molar-refractivity contribution in [2.75, 3.05) is 47.9 Å². The zero-order chi connectivity index (χ0) is 21.4. The van der Waals surface area contributed by atoms with E-state index in [2.05, 4.69) is 38.2 Å². The van der Waals surface area contributed by atoms with Gasteiger partial charge in [-0.05, 0) is 50.4 Å². The van der Waals surface area contributed by atoms with E-state index in [4.69, 9.17) is 9.47 Å². The highest BCUT2D eigenvalue weighted by Crippen LogP contribution is 2.55. The van der Waals surface area contributed by atoms with Crippen molar-refractivity contribution < 1.29 is 19.1 Å². The summed E-state index contributed by atoms with van der Waals surface area (Å²) in [6, 6.07) is 4.27. The molecule has 2 aliphatic heterocycles. The third kappa shape index (κ3) is 4.25. The smallest absolute Gasteiger partial charge is 0.166 e. The van der Waals surface area contributed by atoms with Crippen LogP contribution in [0.2, 0.25) is 0 Å². The first-order valence-electron chi connectivity index (χ1n) is 11.6. The zero-order valence-electron chi connectivity index (χ0n) is 19.2. The summed E-state index contributed by atoms with van der Waals surface area (Å²) >= 11 is 0. The second-order valence-corrected chi connectivity index (χ2v) is 10.4. The second kappa shape index (κ2) is 8.52. The van der Waals surface area contributed by atoms with Crippen molar-refractivity contribution in [3.8, 4) is 11.5 Å². The minimum absolute atomic E-state index is 0.00183. The van der Waals surface area contributed by atoms with Crippen LogP contribution in [0.3, 0.4) is 0 Å². The number of hydrogen-bond donors (Lipinski definition) is 1. The van der Waals surface area contributed by atoms with Gasteiger partial charge in [0, 0.05) is 18.5 Å². The summed E-state index contributed by atoms with van der Waals surface area (Å²) in [4.78, 5) is 2.62. The van der Waals surface area contributed by atoms with Crippen molar-refractivity contribution in [1.82, 2.24) is 4.90 Å². The van der Waals surface area contributed by atoms with E-state index >= 15 is 0 Å². The molecule has 0 saturated heterocycles. The predicted octanol–water partition coefficient (Wildman–Crippen LogP) is 3.49. The maximum Gasteiger partial charge on any atom is 0.166 e. The van der Waals surface area contributed by atoms with Crippen molar-refractivity contribution in [2.45, 2.75) is 62.7 Å². The van der Waals surface area contributed by atoms with Crippen LogP contribution in [0.25, 0.3) is 0 Å². The normalized spacial score (nSPS) is 27.9. The number of nitrogens with zero attached hydrogens (tertiary/aromatic N) is 2. The molecule has 2 heterocycles. The fourth-order valence-corrected chi connectivity index (χ4v) is 5.46. The maximum absolute atomic E-state index is 10.2. The molecular formula is C25H39N2O3+. The van der Waals surface area contributed by atoms with Gasteiger partial charge < -0.3 is 19.1 Å². The number of aliphatic hydroxyl groups excluding tert-OH is 1. The topological polar surface area (TPSA) is 41.9 Å². The summed E-state index contributed by atoms with van der Waals surface area (Å²) in [6.07, 6.45) is 10.7. The minimum Gasteiger partial charge on any atom is -0.493 e. The number of rotatable bonds is 8. The molecular weight excluding hydrogens is 376 g/mol. The standard InChI is InChI=1S/C25H39N2O3/c1-27(2,3)16-8-6-5-7-14-26-15-13-25-12-11-20(28)17-22(25)30-24-21(29-4)10-9-19(18-26)23(24)25/h9-12,20,22,28H,5-8,13-18H2,1-4H3/q+1/t20-,22-,25-/m0/s1. The van der Waals surface area contributed by atoms with E-state index in [1.165, 1.54) is 43.4 Å². The highest BCUT2D eigenvalue weighted by atomic mass is 16.5. The first kappa shape index (κ1) is 21.7. The number of quaternary nitrogens is 1. The van der Waals surface area contributed by atoms with Gasteiger partial charge in [-0.15, -0.1) is 0 Å². The number of ether oxygens (including phenoxy) is 2. The molecule has 1 aromatic carbocycles. The van der Waals surface area contributed by atoms with E-state index in [9.17, 15) is 5.11 Å². The van der Waals surface area contributed by atoms with Gasteiger partial charge in [-0.2, -0.15) is 0 Å². The fourth-order valence-electron chi connectivity index (χ4n) is 5.46. The molecule has 0 radical (unpaired) electrons. The molecule has 5 nitrogen and oxygen atoms in total. The first-order chi connectivity index (χ1) is 14.3. The Bertz CT molecular complexity index is 785. The van der Waals surface area contributed by atoms with Gasteiger partial charge in [-0.25, -0.2) is 0 Å². The minimum atomic E-state index is -0.421. The van der Waals surface area contributed by atoms with Crippen molar-refractivity contribution in [3.05, 3.63) is 35.4 Å². The highest BCUT2D eigenvalue weighted by molar-refractivity contribution is 5.60. The van der Waals surface area contributed by atoms with E-state index < -0.39 is 6.10 Å². The van der Waals surface area contributed by atoms with Gasteiger partial charge in [-0.1, -0.05) is 24.6 Å². The number of benzene rings is 1. The quantitative estimate of drug-likeness (QED) is 0.401. The van der Waals surface area contributed by atoms with Crippen LogP contribution >= 0.6 is 0 Å². The lowest BCUT2D eigenvalue weighted by atomic mass is 9.69. The van der Waals surface area contributed by atoms with Gasteiger partial charge >= 0.3 is 0 Å². The average molecular weight is 416 g/mol. The van der Waals surface area contributed by atoms with Gasteiger partial charge in [0.1, 0.15) is 6.10 Å². The molecule has 1 aromatic rings. The number of aliphatic hydroxyl groups is 1. The van der Waals surface area contributed by atoms with Crippen LogP contribution in [0.4, 0.5) is 0 Å². The van der Waals surface area contributed by atoms with Crippen LogP contribution < -0.4 is 9.47 Å². The fraction of sp³-hybridized carbons (Fsp3) is 0.680. The molecule has 30 heavy (non-hydrogen) atoms. The molecule has 0 aromatic heterocycles. The van der Waals surface area contributed by atoms with Crippen molar-refractivity contribution in [1.29, 1.82) is 0 Å². The van der Waals surface area contributed by atoms with Gasteiger partial charge in [0.05, 0.1) is 46.3 Å². The number of methoxy groups -OCH3 is 1. The molecule has 4 rings (SSSR count). The molecule has 3 atom stereocenters. The lowest BCUT2D eigenvalue weighted by Gasteiger charge is -2.36. The molecule has 1 aliphatic carbocycles. The Morgan fingerprint density at radius 3 is 2.77 bits per heavy atom. The Labute approximate surface area is 181 Å². The molecule has 0 unspecified atom stereocenters. The third-order valence-electron chi connectivity index (χ3n) is 7.09. The van der Waals surface area contributed by atoms with E-state index in [-0.39, 0.29) is 11.5 Å². The van der Waals surface area contributed by atoms with E-state index in [1.54, 1.807) is 7.11 Å². The summed E-state index contributed by atoms with van der Waals surface area (Å²) in [7, 11) is 8.52. The molecule has 1 N–H and O–H groups in total. The maximum atomic E-state index is 10.2. The molecule has 0 saturated carbocycles. The van der Waals surface area contributed by atoms with Crippen molar-refractivity contribution in [3.63, 3.8) is 0 Å². The lowest BCUT2D eigenvalue weighted by Crippen LogP contribution is -2.43. The Morgan fingerprint density at radius 2 is 2.00 bits per heavy atom. The summed E-state index contributed by atoms with van der Waals surface area (Å²) < 4.78 is 13.1. The lowest BCUT2D eigenvalue weighted by molar-refractivity contribution is -0.870. The van der Waals surface area contributed by atoms with E-state index in [0.29, 0.717) is 6.42 Å². The van der Waals surface area contributed by atoms with E-state index in [0.717, 1.165) is 42.0 Å². The number of hydrogen-bond acceptors (Lipinski definition) is 4. The monoisotopic (exact) mass is 415 g/mol. The Morgan fingerprint density at radius 1 is 1.20 bits per heavy atom. The summed E-state index contributed by atoms with van der Waals surface area (Å²) in [5.41, 5.74) is 2.54.